The van der Waals surface area contributed by atoms with Gasteiger partial charge < -0.3 is 10.2 Å². The molecule has 0 fully saturated rings. The molecule has 2 rings (SSSR count). The predicted molar refractivity (Wildman–Crippen MR) is 89.2 cm³/mol. The van der Waals surface area contributed by atoms with Crippen LogP contribution in [0.5, 0.6) is 0 Å². The molecule has 0 aliphatic rings. The van der Waals surface area contributed by atoms with E-state index >= 15 is 0 Å². The molecule has 0 saturated carbocycles. The number of benzene rings is 1. The molecular weight excluding hydrogens is 353 g/mol. The summed E-state index contributed by atoms with van der Waals surface area (Å²) in [6.07, 6.45) is -4.52. The summed E-state index contributed by atoms with van der Waals surface area (Å²) in [5, 5.41) is 4.58. The van der Waals surface area contributed by atoms with Crippen molar-refractivity contribution >= 4 is 23.2 Å². The first-order valence-corrected chi connectivity index (χ1v) is 8.45. The molecule has 25 heavy (non-hydrogen) atoms. The summed E-state index contributed by atoms with van der Waals surface area (Å²) in [5.74, 6) is -0.976. The molecule has 1 aromatic carbocycles. The van der Waals surface area contributed by atoms with E-state index in [-0.39, 0.29) is 24.6 Å². The van der Waals surface area contributed by atoms with Gasteiger partial charge in [0.1, 0.15) is 0 Å². The smallest absolute Gasteiger partial charge is 0.350 e. The van der Waals surface area contributed by atoms with Crippen LogP contribution < -0.4 is 5.32 Å². The number of carbonyl (C=O) groups excluding carboxylic acids is 2. The fourth-order valence-corrected chi connectivity index (χ4v) is 2.81. The van der Waals surface area contributed by atoms with Gasteiger partial charge in [-0.05, 0) is 36.6 Å². The van der Waals surface area contributed by atoms with Gasteiger partial charge in [-0.15, -0.1) is 11.3 Å². The topological polar surface area (TPSA) is 49.4 Å². The fraction of sp³-hybridized carbons (Fsp3) is 0.294. The van der Waals surface area contributed by atoms with E-state index in [0.29, 0.717) is 6.54 Å². The molecule has 1 aromatic heterocycles. The number of thiophene rings is 1. The lowest BCUT2D eigenvalue weighted by Crippen LogP contribution is -2.40. The van der Waals surface area contributed by atoms with E-state index in [1.807, 2.05) is 17.5 Å². The van der Waals surface area contributed by atoms with Crippen LogP contribution >= 0.6 is 11.3 Å². The molecule has 4 nitrogen and oxygen atoms in total. The molecule has 8 heteroatoms. The summed E-state index contributed by atoms with van der Waals surface area (Å²) >= 11 is 1.49. The molecule has 2 amide bonds. The molecule has 0 atom stereocenters. The van der Waals surface area contributed by atoms with Crippen LogP contribution in [0.3, 0.4) is 0 Å². The molecule has 0 radical (unpaired) electrons. The van der Waals surface area contributed by atoms with Crippen molar-refractivity contribution in [1.82, 2.24) is 10.2 Å². The van der Waals surface area contributed by atoms with Gasteiger partial charge in [-0.3, -0.25) is 9.59 Å². The van der Waals surface area contributed by atoms with Gasteiger partial charge >= 0.3 is 6.18 Å². The summed E-state index contributed by atoms with van der Waals surface area (Å²) < 4.78 is 38.3. The van der Waals surface area contributed by atoms with Gasteiger partial charge in [-0.1, -0.05) is 12.1 Å². The van der Waals surface area contributed by atoms with Crippen LogP contribution in [0.4, 0.5) is 13.2 Å². The predicted octanol–water partition coefficient (Wildman–Crippen LogP) is 3.55. The van der Waals surface area contributed by atoms with E-state index in [4.69, 9.17) is 0 Å². The van der Waals surface area contributed by atoms with Gasteiger partial charge in [0, 0.05) is 17.0 Å². The molecule has 0 saturated heterocycles. The van der Waals surface area contributed by atoms with Gasteiger partial charge in [-0.25, -0.2) is 0 Å². The van der Waals surface area contributed by atoms with Gasteiger partial charge in [0.15, 0.2) is 0 Å². The van der Waals surface area contributed by atoms with Crippen molar-refractivity contribution in [3.05, 3.63) is 57.8 Å². The average Bonchev–Trinajstić information content (AvgIpc) is 3.10. The molecule has 0 aliphatic heterocycles. The van der Waals surface area contributed by atoms with Crippen LogP contribution in [0.25, 0.3) is 0 Å². The third-order valence-electron chi connectivity index (χ3n) is 3.48. The van der Waals surface area contributed by atoms with Crippen LogP contribution in [-0.2, 0) is 17.5 Å². The van der Waals surface area contributed by atoms with Crippen LogP contribution in [0.15, 0.2) is 41.8 Å². The number of hydrogen-bond acceptors (Lipinski definition) is 3. The van der Waals surface area contributed by atoms with Crippen molar-refractivity contribution in [3.8, 4) is 0 Å². The van der Waals surface area contributed by atoms with Crippen molar-refractivity contribution < 1.29 is 22.8 Å². The second-order valence-electron chi connectivity index (χ2n) is 5.25. The number of halogens is 3. The summed E-state index contributed by atoms with van der Waals surface area (Å²) in [4.78, 5) is 26.6. The van der Waals surface area contributed by atoms with Gasteiger partial charge in [0.05, 0.1) is 18.7 Å². The lowest BCUT2D eigenvalue weighted by Gasteiger charge is -2.21. The van der Waals surface area contributed by atoms with E-state index in [1.165, 1.54) is 28.4 Å². The minimum Gasteiger partial charge on any atom is -0.350 e. The third kappa shape index (κ3) is 5.32. The number of nitrogens with one attached hydrogen (secondary N) is 1. The minimum atomic E-state index is -4.52. The average molecular weight is 370 g/mol. The number of carbonyl (C=O) groups is 2. The van der Waals surface area contributed by atoms with Crippen LogP contribution in [0.2, 0.25) is 0 Å². The Balaban J connectivity index is 2.01. The zero-order valence-electron chi connectivity index (χ0n) is 13.5. The Morgan fingerprint density at radius 2 is 1.96 bits per heavy atom. The standard InChI is InChI=1S/C17H17F3N2O2S/c1-2-22(11-15(23)21-10-14-7-4-8-25-14)16(24)12-5-3-6-13(9-12)17(18,19)20/h3-9H,2,10-11H2,1H3,(H,21,23). The third-order valence-corrected chi connectivity index (χ3v) is 4.36. The van der Waals surface area contributed by atoms with Crippen LogP contribution in [-0.4, -0.2) is 29.8 Å². The summed E-state index contributed by atoms with van der Waals surface area (Å²) in [7, 11) is 0. The molecule has 0 bridgehead atoms. The number of rotatable bonds is 6. The first-order valence-electron chi connectivity index (χ1n) is 7.57. The second-order valence-corrected chi connectivity index (χ2v) is 6.29. The molecule has 1 N–H and O–H groups in total. The molecule has 0 unspecified atom stereocenters. The van der Waals surface area contributed by atoms with Gasteiger partial charge in [-0.2, -0.15) is 13.2 Å². The van der Waals surface area contributed by atoms with Gasteiger partial charge in [0.25, 0.3) is 5.91 Å². The van der Waals surface area contributed by atoms with E-state index in [0.717, 1.165) is 17.0 Å². The Labute approximate surface area is 147 Å². The van der Waals surface area contributed by atoms with Crippen LogP contribution in [0, 0.1) is 0 Å². The Hall–Kier alpha value is -2.35. The monoisotopic (exact) mass is 370 g/mol. The molecule has 0 spiro atoms. The highest BCUT2D eigenvalue weighted by Crippen LogP contribution is 2.29. The normalized spacial score (nSPS) is 11.2. The SMILES string of the molecule is CCN(CC(=O)NCc1cccs1)C(=O)c1cccc(C(F)(F)F)c1. The Kier molecular flexibility index (Phi) is 6.19. The van der Waals surface area contributed by atoms with Crippen molar-refractivity contribution in [2.24, 2.45) is 0 Å². The summed E-state index contributed by atoms with van der Waals surface area (Å²) in [6, 6.07) is 7.93. The minimum absolute atomic E-state index is 0.0947. The molecule has 1 heterocycles. The summed E-state index contributed by atoms with van der Waals surface area (Å²) in [6.45, 7) is 2.02. The van der Waals surface area contributed by atoms with E-state index < -0.39 is 17.6 Å². The largest absolute Gasteiger partial charge is 0.416 e. The quantitative estimate of drug-likeness (QED) is 0.846. The first-order chi connectivity index (χ1) is 11.8. The number of hydrogen-bond donors (Lipinski definition) is 1. The van der Waals surface area contributed by atoms with Crippen molar-refractivity contribution in [1.29, 1.82) is 0 Å². The Morgan fingerprint density at radius 1 is 1.20 bits per heavy atom. The van der Waals surface area contributed by atoms with Crippen molar-refractivity contribution in [3.63, 3.8) is 0 Å². The highest BCUT2D eigenvalue weighted by atomic mass is 32.1. The van der Waals surface area contributed by atoms with Gasteiger partial charge in [0.2, 0.25) is 5.91 Å². The Morgan fingerprint density at radius 3 is 2.56 bits per heavy atom. The lowest BCUT2D eigenvalue weighted by molar-refractivity contribution is -0.137. The maximum Gasteiger partial charge on any atom is 0.416 e. The van der Waals surface area contributed by atoms with E-state index in [9.17, 15) is 22.8 Å². The maximum atomic E-state index is 12.8. The summed E-state index contributed by atoms with van der Waals surface area (Å²) in [5.41, 5.74) is -0.987. The Bertz CT molecular complexity index is 730. The highest BCUT2D eigenvalue weighted by Gasteiger charge is 2.31. The molecule has 2 aromatic rings. The van der Waals surface area contributed by atoms with E-state index in [1.54, 1.807) is 6.92 Å². The van der Waals surface area contributed by atoms with Crippen LogP contribution in [0.1, 0.15) is 27.7 Å². The highest BCUT2D eigenvalue weighted by molar-refractivity contribution is 7.09. The second kappa shape index (κ2) is 8.15. The van der Waals surface area contributed by atoms with Crippen molar-refractivity contribution in [2.75, 3.05) is 13.1 Å². The number of nitrogens with zero attached hydrogens (tertiary/aromatic N) is 1. The first kappa shape index (κ1) is 19.0. The number of amides is 2. The van der Waals surface area contributed by atoms with E-state index in [2.05, 4.69) is 5.32 Å². The maximum absolute atomic E-state index is 12.8. The molecule has 0 aliphatic carbocycles. The molecule has 134 valence electrons. The number of alkyl halides is 3. The lowest BCUT2D eigenvalue weighted by atomic mass is 10.1. The fourth-order valence-electron chi connectivity index (χ4n) is 2.17. The number of likely N-dealkylation sites (N-methyl/N-ethyl adjacent to an activating group) is 1. The zero-order chi connectivity index (χ0) is 18.4. The zero-order valence-corrected chi connectivity index (χ0v) is 14.3. The van der Waals surface area contributed by atoms with Crippen molar-refractivity contribution in [2.45, 2.75) is 19.6 Å². The molecular formula is C17H17F3N2O2S.